The van der Waals surface area contributed by atoms with Crippen molar-refractivity contribution in [1.82, 2.24) is 5.32 Å². The van der Waals surface area contributed by atoms with E-state index in [1.165, 1.54) is 12.8 Å². The molecule has 1 aromatic rings. The van der Waals surface area contributed by atoms with Gasteiger partial charge in [0.05, 0.1) is 12.9 Å². The molecule has 1 fully saturated rings. The summed E-state index contributed by atoms with van der Waals surface area (Å²) in [6.07, 6.45) is 6.88. The first kappa shape index (κ1) is 12.2. The predicted molar refractivity (Wildman–Crippen MR) is 63.3 cm³/mol. The van der Waals surface area contributed by atoms with Crippen LogP contribution in [-0.2, 0) is 4.79 Å². The summed E-state index contributed by atoms with van der Waals surface area (Å²) in [5.74, 6) is 1.13. The highest BCUT2D eigenvalue weighted by Crippen LogP contribution is 2.27. The fourth-order valence-corrected chi connectivity index (χ4v) is 2.43. The fraction of sp³-hybridized carbons (Fsp3) is 0.615. The molecule has 1 aliphatic rings. The number of hydrogen-bond donors (Lipinski definition) is 2. The lowest BCUT2D eigenvalue weighted by Crippen LogP contribution is -2.31. The van der Waals surface area contributed by atoms with Crippen LogP contribution < -0.4 is 5.32 Å². The standard InChI is InChI=1S/C13H19NO3/c15-9-11(12-6-3-7-17-12)14-13(16)8-10-4-1-2-5-10/h3,6-7,10-11,15H,1-2,4-5,8-9H2,(H,14,16). The highest BCUT2D eigenvalue weighted by atomic mass is 16.3. The van der Waals surface area contributed by atoms with E-state index in [1.807, 2.05) is 0 Å². The molecule has 0 radical (unpaired) electrons. The summed E-state index contributed by atoms with van der Waals surface area (Å²) in [7, 11) is 0. The molecule has 2 rings (SSSR count). The van der Waals surface area contributed by atoms with Gasteiger partial charge in [-0.1, -0.05) is 12.8 Å². The Morgan fingerprint density at radius 1 is 1.53 bits per heavy atom. The quantitative estimate of drug-likeness (QED) is 0.823. The van der Waals surface area contributed by atoms with Gasteiger partial charge in [-0.3, -0.25) is 4.79 Å². The molecule has 4 nitrogen and oxygen atoms in total. The number of furan rings is 1. The number of aliphatic hydroxyl groups is 1. The molecule has 0 bridgehead atoms. The van der Waals surface area contributed by atoms with Crippen LogP contribution in [-0.4, -0.2) is 17.6 Å². The van der Waals surface area contributed by atoms with Gasteiger partial charge in [-0.25, -0.2) is 0 Å². The topological polar surface area (TPSA) is 62.5 Å². The van der Waals surface area contributed by atoms with Gasteiger partial charge < -0.3 is 14.8 Å². The SMILES string of the molecule is O=C(CC1CCCC1)NC(CO)c1ccco1. The monoisotopic (exact) mass is 237 g/mol. The molecule has 1 heterocycles. The zero-order valence-corrected chi connectivity index (χ0v) is 9.89. The highest BCUT2D eigenvalue weighted by Gasteiger charge is 2.21. The van der Waals surface area contributed by atoms with Crippen LogP contribution in [0, 0.1) is 5.92 Å². The molecule has 0 spiro atoms. The van der Waals surface area contributed by atoms with Crippen molar-refractivity contribution >= 4 is 5.91 Å². The van der Waals surface area contributed by atoms with Crippen molar-refractivity contribution in [1.29, 1.82) is 0 Å². The number of aliphatic hydroxyl groups excluding tert-OH is 1. The van der Waals surface area contributed by atoms with Gasteiger partial charge in [0.15, 0.2) is 0 Å². The van der Waals surface area contributed by atoms with E-state index in [2.05, 4.69) is 5.32 Å². The number of rotatable bonds is 5. The third-order valence-electron chi connectivity index (χ3n) is 3.35. The van der Waals surface area contributed by atoms with Crippen molar-refractivity contribution in [3.8, 4) is 0 Å². The van der Waals surface area contributed by atoms with E-state index in [9.17, 15) is 9.90 Å². The van der Waals surface area contributed by atoms with Crippen LogP contribution in [0.4, 0.5) is 0 Å². The first-order valence-electron chi connectivity index (χ1n) is 6.23. The van der Waals surface area contributed by atoms with Crippen LogP contribution in [0.25, 0.3) is 0 Å². The maximum Gasteiger partial charge on any atom is 0.220 e. The second kappa shape index (κ2) is 5.87. The van der Waals surface area contributed by atoms with Crippen molar-refractivity contribution in [2.24, 2.45) is 5.92 Å². The van der Waals surface area contributed by atoms with Gasteiger partial charge in [0.25, 0.3) is 0 Å². The Morgan fingerprint density at radius 3 is 2.88 bits per heavy atom. The van der Waals surface area contributed by atoms with Crippen LogP contribution in [0.1, 0.15) is 43.9 Å². The van der Waals surface area contributed by atoms with E-state index in [4.69, 9.17) is 4.42 Å². The molecular formula is C13H19NO3. The van der Waals surface area contributed by atoms with E-state index in [1.54, 1.807) is 18.4 Å². The minimum Gasteiger partial charge on any atom is -0.467 e. The number of carbonyl (C=O) groups excluding carboxylic acids is 1. The maximum atomic E-state index is 11.8. The van der Waals surface area contributed by atoms with Gasteiger partial charge in [0, 0.05) is 6.42 Å². The zero-order valence-electron chi connectivity index (χ0n) is 9.89. The normalized spacial score (nSPS) is 18.2. The number of amides is 1. The Bertz CT molecular complexity index is 342. The highest BCUT2D eigenvalue weighted by molar-refractivity contribution is 5.76. The molecular weight excluding hydrogens is 218 g/mol. The van der Waals surface area contributed by atoms with Gasteiger partial charge in [0.1, 0.15) is 11.8 Å². The zero-order chi connectivity index (χ0) is 12.1. The van der Waals surface area contributed by atoms with E-state index in [0.29, 0.717) is 18.1 Å². The predicted octanol–water partition coefficient (Wildman–Crippen LogP) is 2.01. The smallest absolute Gasteiger partial charge is 0.220 e. The summed E-state index contributed by atoms with van der Waals surface area (Å²) in [6.45, 7) is -0.135. The Balaban J connectivity index is 1.83. The molecule has 1 saturated carbocycles. The molecule has 1 aromatic heterocycles. The molecule has 0 saturated heterocycles. The summed E-state index contributed by atoms with van der Waals surface area (Å²) < 4.78 is 5.18. The minimum atomic E-state index is -0.418. The lowest BCUT2D eigenvalue weighted by Gasteiger charge is -2.15. The fourth-order valence-electron chi connectivity index (χ4n) is 2.43. The van der Waals surface area contributed by atoms with Crippen LogP contribution in [0.5, 0.6) is 0 Å². The molecule has 2 N–H and O–H groups in total. The second-order valence-electron chi connectivity index (χ2n) is 4.67. The minimum absolute atomic E-state index is 0.00681. The first-order chi connectivity index (χ1) is 8.29. The third kappa shape index (κ3) is 3.33. The number of hydrogen-bond acceptors (Lipinski definition) is 3. The van der Waals surface area contributed by atoms with Crippen molar-refractivity contribution in [3.05, 3.63) is 24.2 Å². The third-order valence-corrected chi connectivity index (χ3v) is 3.35. The second-order valence-corrected chi connectivity index (χ2v) is 4.67. The number of nitrogens with one attached hydrogen (secondary N) is 1. The molecule has 1 aliphatic carbocycles. The molecule has 1 atom stereocenters. The molecule has 4 heteroatoms. The summed E-state index contributed by atoms with van der Waals surface area (Å²) in [5, 5.41) is 12.0. The van der Waals surface area contributed by atoms with Crippen LogP contribution >= 0.6 is 0 Å². The molecule has 1 amide bonds. The first-order valence-corrected chi connectivity index (χ1v) is 6.23. The van der Waals surface area contributed by atoms with Crippen LogP contribution in [0.15, 0.2) is 22.8 Å². The molecule has 1 unspecified atom stereocenters. The van der Waals surface area contributed by atoms with E-state index >= 15 is 0 Å². The molecule has 0 aromatic carbocycles. The van der Waals surface area contributed by atoms with Gasteiger partial charge in [-0.05, 0) is 30.9 Å². The Kier molecular flexibility index (Phi) is 4.20. The number of carbonyl (C=O) groups is 1. The molecule has 94 valence electrons. The van der Waals surface area contributed by atoms with E-state index in [0.717, 1.165) is 12.8 Å². The molecule has 0 aliphatic heterocycles. The summed E-state index contributed by atoms with van der Waals surface area (Å²) in [5.41, 5.74) is 0. The van der Waals surface area contributed by atoms with Crippen LogP contribution in [0.2, 0.25) is 0 Å². The Hall–Kier alpha value is -1.29. The summed E-state index contributed by atoms with van der Waals surface area (Å²) in [4.78, 5) is 11.8. The van der Waals surface area contributed by atoms with Crippen molar-refractivity contribution < 1.29 is 14.3 Å². The average Bonchev–Trinajstić information content (AvgIpc) is 2.97. The lowest BCUT2D eigenvalue weighted by molar-refractivity contribution is -0.123. The van der Waals surface area contributed by atoms with Crippen molar-refractivity contribution in [2.45, 2.75) is 38.1 Å². The van der Waals surface area contributed by atoms with Gasteiger partial charge in [-0.15, -0.1) is 0 Å². The lowest BCUT2D eigenvalue weighted by atomic mass is 10.0. The Morgan fingerprint density at radius 2 is 2.29 bits per heavy atom. The maximum absolute atomic E-state index is 11.8. The van der Waals surface area contributed by atoms with Crippen molar-refractivity contribution in [3.63, 3.8) is 0 Å². The largest absolute Gasteiger partial charge is 0.467 e. The van der Waals surface area contributed by atoms with Crippen molar-refractivity contribution in [2.75, 3.05) is 6.61 Å². The van der Waals surface area contributed by atoms with Crippen LogP contribution in [0.3, 0.4) is 0 Å². The summed E-state index contributed by atoms with van der Waals surface area (Å²) >= 11 is 0. The van der Waals surface area contributed by atoms with E-state index < -0.39 is 6.04 Å². The summed E-state index contributed by atoms with van der Waals surface area (Å²) in [6, 6.07) is 3.09. The molecule has 17 heavy (non-hydrogen) atoms. The average molecular weight is 237 g/mol. The van der Waals surface area contributed by atoms with E-state index in [-0.39, 0.29) is 12.5 Å². The van der Waals surface area contributed by atoms with Gasteiger partial charge >= 0.3 is 0 Å². The van der Waals surface area contributed by atoms with Gasteiger partial charge in [0.2, 0.25) is 5.91 Å². The van der Waals surface area contributed by atoms with Gasteiger partial charge in [-0.2, -0.15) is 0 Å². The Labute approximate surface area is 101 Å².